The second-order valence-electron chi connectivity index (χ2n) is 3.42. The number of nitrogens with two attached hydrogens (primary N) is 1. The van der Waals surface area contributed by atoms with Gasteiger partial charge in [-0.05, 0) is 13.0 Å². The van der Waals surface area contributed by atoms with E-state index in [2.05, 4.69) is 9.97 Å². The van der Waals surface area contributed by atoms with Gasteiger partial charge in [0.1, 0.15) is 5.82 Å². The van der Waals surface area contributed by atoms with Crippen molar-refractivity contribution in [2.75, 3.05) is 5.73 Å². The van der Waals surface area contributed by atoms with Gasteiger partial charge in [0.15, 0.2) is 0 Å². The quantitative estimate of drug-likeness (QED) is 0.771. The third-order valence-corrected chi connectivity index (χ3v) is 2.51. The maximum absolute atomic E-state index is 7.45. The molecule has 0 amide bonds. The van der Waals surface area contributed by atoms with Gasteiger partial charge in [-0.3, -0.25) is 4.98 Å². The van der Waals surface area contributed by atoms with Gasteiger partial charge in [0.2, 0.25) is 0 Å². The molecule has 0 bridgehead atoms. The predicted octanol–water partition coefficient (Wildman–Crippen LogP) is 2.13. The first-order valence-corrected chi connectivity index (χ1v) is 5.06. The summed E-state index contributed by atoms with van der Waals surface area (Å²) < 4.78 is 0. The fourth-order valence-electron chi connectivity index (χ4n) is 1.43. The van der Waals surface area contributed by atoms with Gasteiger partial charge in [0.05, 0.1) is 28.7 Å². The van der Waals surface area contributed by atoms with Crippen molar-refractivity contribution in [1.29, 1.82) is 0 Å². The van der Waals surface area contributed by atoms with Gasteiger partial charge in [-0.1, -0.05) is 11.6 Å². The van der Waals surface area contributed by atoms with E-state index < -0.39 is 0 Å². The molecule has 4 nitrogen and oxygen atoms in total. The molecule has 0 saturated carbocycles. The first kappa shape index (κ1) is 10.7. The molecule has 5 heteroatoms. The highest BCUT2D eigenvalue weighted by Crippen LogP contribution is 2.31. The Hall–Kier alpha value is -1.81. The molecule has 0 radical (unpaired) electrons. The number of rotatable bonds is 1. The Morgan fingerprint density at radius 3 is 2.81 bits per heavy atom. The standard InChI is InChI=1S/C11H10ClN3O/c1-6-11(15-10(13)5-14-6)8-3-2-7(16)4-9(8)12/h2-5,16H,1H3,(H2,13,15)/p+1. The zero-order chi connectivity index (χ0) is 11.7. The summed E-state index contributed by atoms with van der Waals surface area (Å²) in [5.41, 5.74) is 7.75. The van der Waals surface area contributed by atoms with Crippen LogP contribution >= 0.6 is 11.6 Å². The summed E-state index contributed by atoms with van der Waals surface area (Å²) in [5.74, 6) is 0.717. The Morgan fingerprint density at radius 2 is 2.12 bits per heavy atom. The molecule has 0 aliphatic heterocycles. The van der Waals surface area contributed by atoms with Crippen LogP contribution in [0.15, 0.2) is 24.4 Å². The van der Waals surface area contributed by atoms with Crippen LogP contribution < -0.4 is 5.73 Å². The fourth-order valence-corrected chi connectivity index (χ4v) is 1.70. The largest absolute Gasteiger partial charge is 0.593 e. The van der Waals surface area contributed by atoms with Crippen LogP contribution in [-0.4, -0.2) is 15.1 Å². The minimum Gasteiger partial charge on any atom is -0.593 e. The van der Waals surface area contributed by atoms with Crippen LogP contribution in [0.4, 0.5) is 5.82 Å². The van der Waals surface area contributed by atoms with Crippen LogP contribution in [0.3, 0.4) is 0 Å². The lowest BCUT2D eigenvalue weighted by Crippen LogP contribution is -1.97. The highest BCUT2D eigenvalue weighted by Gasteiger charge is 2.11. The van der Waals surface area contributed by atoms with E-state index in [0.29, 0.717) is 22.3 Å². The molecule has 0 aliphatic rings. The van der Waals surface area contributed by atoms with E-state index in [0.717, 1.165) is 11.3 Å². The van der Waals surface area contributed by atoms with Crippen molar-refractivity contribution in [3.05, 3.63) is 35.1 Å². The zero-order valence-corrected chi connectivity index (χ0v) is 9.42. The minimum absolute atomic E-state index is 0.353. The van der Waals surface area contributed by atoms with Crippen molar-refractivity contribution in [1.82, 2.24) is 9.97 Å². The third-order valence-electron chi connectivity index (χ3n) is 2.20. The summed E-state index contributed by atoms with van der Waals surface area (Å²) in [6.45, 7) is 1.84. The average Bonchev–Trinajstić information content (AvgIpc) is 2.22. The summed E-state index contributed by atoms with van der Waals surface area (Å²) in [6, 6.07) is 4.98. The number of halogens is 1. The van der Waals surface area contributed by atoms with E-state index in [4.69, 9.17) is 22.4 Å². The van der Waals surface area contributed by atoms with Gasteiger partial charge in [-0.25, -0.2) is 4.98 Å². The van der Waals surface area contributed by atoms with Crippen LogP contribution in [0.5, 0.6) is 5.75 Å². The number of nitrogens with zero attached hydrogens (tertiary/aromatic N) is 2. The SMILES string of the molecule is Cc1ncc(N)nc1-c1ccc([OH2+])cc1Cl. The van der Waals surface area contributed by atoms with Crippen molar-refractivity contribution in [3.8, 4) is 17.0 Å². The molecule has 82 valence electrons. The van der Waals surface area contributed by atoms with Crippen LogP contribution in [0.25, 0.3) is 11.3 Å². The molecule has 0 unspecified atom stereocenters. The monoisotopic (exact) mass is 236 g/mol. The normalized spacial score (nSPS) is 10.4. The minimum atomic E-state index is 0.353. The average molecular weight is 237 g/mol. The summed E-state index contributed by atoms with van der Waals surface area (Å²) in [6.07, 6.45) is 1.51. The predicted molar refractivity (Wildman–Crippen MR) is 64.7 cm³/mol. The molecular weight excluding hydrogens is 226 g/mol. The Kier molecular flexibility index (Phi) is 2.66. The molecule has 0 saturated heterocycles. The second kappa shape index (κ2) is 3.98. The lowest BCUT2D eigenvalue weighted by molar-refractivity contribution is 0.475. The fraction of sp³-hybridized carbons (Fsp3) is 0.0909. The second-order valence-corrected chi connectivity index (χ2v) is 3.83. The summed E-state index contributed by atoms with van der Waals surface area (Å²) in [7, 11) is 0. The molecule has 2 rings (SSSR count). The van der Waals surface area contributed by atoms with Crippen molar-refractivity contribution in [3.63, 3.8) is 0 Å². The molecule has 0 spiro atoms. The summed E-state index contributed by atoms with van der Waals surface area (Å²) >= 11 is 6.06. The van der Waals surface area contributed by atoms with Gasteiger partial charge in [-0.15, -0.1) is 0 Å². The molecule has 0 aliphatic carbocycles. The smallest absolute Gasteiger partial charge is 0.255 e. The Labute approximate surface area is 97.7 Å². The van der Waals surface area contributed by atoms with Gasteiger partial charge in [0, 0.05) is 11.6 Å². The Morgan fingerprint density at radius 1 is 1.38 bits per heavy atom. The number of aryl methyl sites for hydroxylation is 1. The number of aromatic nitrogens is 2. The molecule has 2 aromatic rings. The third kappa shape index (κ3) is 1.92. The lowest BCUT2D eigenvalue weighted by atomic mass is 10.1. The van der Waals surface area contributed by atoms with E-state index >= 15 is 0 Å². The van der Waals surface area contributed by atoms with E-state index in [-0.39, 0.29) is 0 Å². The molecule has 0 atom stereocenters. The van der Waals surface area contributed by atoms with E-state index in [9.17, 15) is 0 Å². The van der Waals surface area contributed by atoms with Crippen molar-refractivity contribution in [2.45, 2.75) is 6.92 Å². The number of anilines is 1. The van der Waals surface area contributed by atoms with Crippen LogP contribution in [-0.2, 0) is 0 Å². The number of benzene rings is 1. The van der Waals surface area contributed by atoms with Crippen LogP contribution in [0.1, 0.15) is 5.69 Å². The highest BCUT2D eigenvalue weighted by molar-refractivity contribution is 6.33. The van der Waals surface area contributed by atoms with E-state index in [1.54, 1.807) is 18.2 Å². The van der Waals surface area contributed by atoms with Gasteiger partial charge in [-0.2, -0.15) is 0 Å². The molecule has 1 aromatic heterocycles. The summed E-state index contributed by atoms with van der Waals surface area (Å²) in [5, 5.41) is 7.93. The maximum atomic E-state index is 7.45. The summed E-state index contributed by atoms with van der Waals surface area (Å²) in [4.78, 5) is 8.33. The number of hydrogen-bond donors (Lipinski definition) is 1. The van der Waals surface area contributed by atoms with Crippen LogP contribution in [0, 0.1) is 6.92 Å². The van der Waals surface area contributed by atoms with Crippen molar-refractivity contribution < 1.29 is 5.11 Å². The molecule has 4 N–H and O–H groups in total. The van der Waals surface area contributed by atoms with Gasteiger partial charge >= 0.3 is 0 Å². The van der Waals surface area contributed by atoms with Gasteiger partial charge in [0.25, 0.3) is 5.75 Å². The zero-order valence-electron chi connectivity index (χ0n) is 8.66. The maximum Gasteiger partial charge on any atom is 0.255 e. The van der Waals surface area contributed by atoms with Gasteiger partial charge < -0.3 is 10.8 Å². The van der Waals surface area contributed by atoms with Crippen molar-refractivity contribution in [2.24, 2.45) is 0 Å². The van der Waals surface area contributed by atoms with E-state index in [1.807, 2.05) is 6.92 Å². The topological polar surface area (TPSA) is 74.7 Å². The molecule has 0 fully saturated rings. The highest BCUT2D eigenvalue weighted by atomic mass is 35.5. The molecule has 1 heterocycles. The number of nitrogen functional groups attached to an aromatic ring is 1. The van der Waals surface area contributed by atoms with Crippen molar-refractivity contribution >= 4 is 17.4 Å². The Bertz CT molecular complexity index is 543. The first-order valence-electron chi connectivity index (χ1n) is 4.68. The first-order chi connectivity index (χ1) is 7.58. The molecule has 1 aromatic carbocycles. The van der Waals surface area contributed by atoms with Crippen LogP contribution in [0.2, 0.25) is 5.02 Å². The van der Waals surface area contributed by atoms with E-state index in [1.165, 1.54) is 6.20 Å². The molecule has 16 heavy (non-hydrogen) atoms. The molecular formula is C11H11ClN3O+. The Balaban J connectivity index is 2.62. The number of hydrogen-bond acceptors (Lipinski definition) is 3. The lowest BCUT2D eigenvalue weighted by Gasteiger charge is -2.06.